The number of alkyl halides is 1. The van der Waals surface area contributed by atoms with Gasteiger partial charge in [0.25, 0.3) is 0 Å². The summed E-state index contributed by atoms with van der Waals surface area (Å²) in [6, 6.07) is 0. The highest BCUT2D eigenvalue weighted by atomic mass is 28.4. The number of hydrogen-bond acceptors (Lipinski definition) is 2. The largest absolute Gasteiger partial charge is 0.414 e. The van der Waals surface area contributed by atoms with Crippen LogP contribution in [-0.2, 0) is 4.43 Å². The molecular formula is C12H25FO2Si. The first-order chi connectivity index (χ1) is 7.06. The Kier molecular flexibility index (Phi) is 3.87. The van der Waals surface area contributed by atoms with Crippen LogP contribution < -0.4 is 0 Å². The first-order valence-electron chi connectivity index (χ1n) is 6.07. The summed E-state index contributed by atoms with van der Waals surface area (Å²) in [6.07, 6.45) is 0.759. The van der Waals surface area contributed by atoms with E-state index in [4.69, 9.17) is 4.43 Å². The number of rotatable bonds is 3. The smallest absolute Gasteiger partial charge is 0.192 e. The van der Waals surface area contributed by atoms with Crippen LogP contribution in [0, 0.1) is 0 Å². The van der Waals surface area contributed by atoms with E-state index in [1.165, 1.54) is 0 Å². The van der Waals surface area contributed by atoms with Gasteiger partial charge in [0.15, 0.2) is 8.32 Å². The Labute approximate surface area is 99.3 Å². The molecule has 4 heteroatoms. The Morgan fingerprint density at radius 1 is 1.44 bits per heavy atom. The zero-order valence-corrected chi connectivity index (χ0v) is 12.1. The first kappa shape index (κ1) is 14.1. The van der Waals surface area contributed by atoms with Gasteiger partial charge < -0.3 is 9.53 Å². The number of halogens is 1. The van der Waals surface area contributed by atoms with Gasteiger partial charge in [0, 0.05) is 6.42 Å². The van der Waals surface area contributed by atoms with Crippen LogP contribution >= 0.6 is 0 Å². The molecule has 0 bridgehead atoms. The van der Waals surface area contributed by atoms with Crippen LogP contribution in [0.4, 0.5) is 4.39 Å². The SMILES string of the molecule is CC(C)(C)[Si](C)(C)OC[C@@]1(F)CC[C@H](O)C1. The molecule has 96 valence electrons. The van der Waals surface area contributed by atoms with Crippen molar-refractivity contribution < 1.29 is 13.9 Å². The van der Waals surface area contributed by atoms with Crippen molar-refractivity contribution in [2.45, 2.75) is 69.9 Å². The molecule has 0 aromatic carbocycles. The lowest BCUT2D eigenvalue weighted by Gasteiger charge is -2.38. The molecule has 0 unspecified atom stereocenters. The summed E-state index contributed by atoms with van der Waals surface area (Å²) < 4.78 is 20.1. The second-order valence-electron chi connectivity index (χ2n) is 6.60. The molecule has 16 heavy (non-hydrogen) atoms. The molecule has 1 rings (SSSR count). The first-order valence-corrected chi connectivity index (χ1v) is 8.98. The molecule has 0 amide bonds. The van der Waals surface area contributed by atoms with Gasteiger partial charge in [-0.15, -0.1) is 0 Å². The van der Waals surface area contributed by atoms with Crippen LogP contribution in [0.1, 0.15) is 40.0 Å². The Bertz CT molecular complexity index is 250. The highest BCUT2D eigenvalue weighted by Crippen LogP contribution is 2.40. The summed E-state index contributed by atoms with van der Waals surface area (Å²) in [5.41, 5.74) is -1.30. The third kappa shape index (κ3) is 3.28. The van der Waals surface area contributed by atoms with Crippen LogP contribution in [0.25, 0.3) is 0 Å². The minimum Gasteiger partial charge on any atom is -0.414 e. The maximum absolute atomic E-state index is 14.2. The molecule has 0 aliphatic heterocycles. The zero-order valence-electron chi connectivity index (χ0n) is 11.1. The van der Waals surface area contributed by atoms with Crippen molar-refractivity contribution in [3.63, 3.8) is 0 Å². The molecule has 0 saturated heterocycles. The lowest BCUT2D eigenvalue weighted by molar-refractivity contribution is 0.0656. The zero-order chi connectivity index (χ0) is 12.6. The molecule has 0 radical (unpaired) electrons. The van der Waals surface area contributed by atoms with Crippen molar-refractivity contribution >= 4 is 8.32 Å². The molecule has 1 saturated carbocycles. The maximum Gasteiger partial charge on any atom is 0.192 e. The summed E-state index contributed by atoms with van der Waals surface area (Å²) in [5.74, 6) is 0. The van der Waals surface area contributed by atoms with E-state index >= 15 is 0 Å². The second kappa shape index (κ2) is 4.39. The van der Waals surface area contributed by atoms with Crippen LogP contribution in [0.2, 0.25) is 18.1 Å². The topological polar surface area (TPSA) is 29.5 Å². The minimum absolute atomic E-state index is 0.112. The summed E-state index contributed by atoms with van der Waals surface area (Å²) in [6.45, 7) is 10.8. The van der Waals surface area contributed by atoms with Gasteiger partial charge in [0.2, 0.25) is 0 Å². The van der Waals surface area contributed by atoms with Gasteiger partial charge in [-0.2, -0.15) is 0 Å². The van der Waals surface area contributed by atoms with Crippen LogP contribution in [0.15, 0.2) is 0 Å². The Hall–Kier alpha value is 0.0669. The van der Waals surface area contributed by atoms with Gasteiger partial charge in [-0.3, -0.25) is 0 Å². The molecule has 0 aromatic rings. The van der Waals surface area contributed by atoms with E-state index in [1.54, 1.807) is 0 Å². The van der Waals surface area contributed by atoms with E-state index in [0.717, 1.165) is 0 Å². The number of aliphatic hydroxyl groups excluding tert-OH is 1. The van der Waals surface area contributed by atoms with Crippen molar-refractivity contribution in [3.05, 3.63) is 0 Å². The normalized spacial score (nSPS) is 32.1. The highest BCUT2D eigenvalue weighted by Gasteiger charge is 2.43. The molecule has 0 spiro atoms. The molecule has 2 atom stereocenters. The molecule has 2 nitrogen and oxygen atoms in total. The van der Waals surface area contributed by atoms with Crippen molar-refractivity contribution in [1.29, 1.82) is 0 Å². The molecule has 1 aliphatic carbocycles. The van der Waals surface area contributed by atoms with Crippen LogP contribution in [-0.4, -0.2) is 31.8 Å². The summed E-state index contributed by atoms with van der Waals surface area (Å²) in [7, 11) is -1.86. The van der Waals surface area contributed by atoms with E-state index in [9.17, 15) is 9.50 Å². The summed E-state index contributed by atoms with van der Waals surface area (Å²) in [5, 5.41) is 9.48. The monoisotopic (exact) mass is 248 g/mol. The second-order valence-corrected chi connectivity index (χ2v) is 11.4. The maximum atomic E-state index is 14.2. The van der Waals surface area contributed by atoms with E-state index in [1.807, 2.05) is 0 Å². The fourth-order valence-corrected chi connectivity index (χ4v) is 2.76. The Morgan fingerprint density at radius 2 is 2.00 bits per heavy atom. The number of aliphatic hydroxyl groups is 1. The van der Waals surface area contributed by atoms with Crippen LogP contribution in [0.3, 0.4) is 0 Å². The fourth-order valence-electron chi connectivity index (χ4n) is 1.71. The molecule has 0 aromatic heterocycles. The van der Waals surface area contributed by atoms with E-state index < -0.39 is 20.1 Å². The molecular weight excluding hydrogens is 223 g/mol. The third-order valence-corrected chi connectivity index (χ3v) is 8.50. The lowest BCUT2D eigenvalue weighted by Crippen LogP contribution is -2.44. The quantitative estimate of drug-likeness (QED) is 0.777. The molecule has 0 heterocycles. The van der Waals surface area contributed by atoms with E-state index in [2.05, 4.69) is 33.9 Å². The average molecular weight is 248 g/mol. The molecule has 1 N–H and O–H groups in total. The van der Waals surface area contributed by atoms with E-state index in [0.29, 0.717) is 12.8 Å². The predicted molar refractivity (Wildman–Crippen MR) is 66.8 cm³/mol. The van der Waals surface area contributed by atoms with Crippen molar-refractivity contribution in [2.24, 2.45) is 0 Å². The summed E-state index contributed by atoms with van der Waals surface area (Å²) in [4.78, 5) is 0. The van der Waals surface area contributed by atoms with Gasteiger partial charge in [0.1, 0.15) is 5.67 Å². The van der Waals surface area contributed by atoms with Crippen molar-refractivity contribution in [2.75, 3.05) is 6.61 Å². The molecule has 1 fully saturated rings. The van der Waals surface area contributed by atoms with E-state index in [-0.39, 0.29) is 18.1 Å². The summed E-state index contributed by atoms with van der Waals surface area (Å²) >= 11 is 0. The standard InChI is InChI=1S/C12H25FO2Si/c1-11(2,3)16(4,5)15-9-12(13)7-6-10(14)8-12/h10,14H,6-9H2,1-5H3/t10-,12+/m0/s1. The third-order valence-electron chi connectivity index (χ3n) is 4.02. The fraction of sp³-hybridized carbons (Fsp3) is 1.00. The number of hydrogen-bond donors (Lipinski definition) is 1. The van der Waals surface area contributed by atoms with Crippen LogP contribution in [0.5, 0.6) is 0 Å². The Morgan fingerprint density at radius 3 is 2.38 bits per heavy atom. The Balaban J connectivity index is 2.52. The van der Waals surface area contributed by atoms with Gasteiger partial charge >= 0.3 is 0 Å². The van der Waals surface area contributed by atoms with Gasteiger partial charge in [-0.25, -0.2) is 4.39 Å². The molecule has 1 aliphatic rings. The highest BCUT2D eigenvalue weighted by molar-refractivity contribution is 6.74. The van der Waals surface area contributed by atoms with Crippen molar-refractivity contribution in [3.8, 4) is 0 Å². The van der Waals surface area contributed by atoms with Gasteiger partial charge in [0.05, 0.1) is 12.7 Å². The van der Waals surface area contributed by atoms with Gasteiger partial charge in [-0.05, 0) is 31.0 Å². The van der Waals surface area contributed by atoms with Crippen molar-refractivity contribution in [1.82, 2.24) is 0 Å². The average Bonchev–Trinajstić information content (AvgIpc) is 2.42. The minimum atomic E-state index is -1.86. The van der Waals surface area contributed by atoms with Gasteiger partial charge in [-0.1, -0.05) is 20.8 Å². The predicted octanol–water partition coefficient (Wildman–Crippen LogP) is 3.26. The lowest BCUT2D eigenvalue weighted by atomic mass is 10.1.